The maximum absolute atomic E-state index is 12.2. The number of carbonyl (C=O) groups excluding carboxylic acids is 3. The van der Waals surface area contributed by atoms with E-state index in [1.165, 1.54) is 24.3 Å². The first kappa shape index (κ1) is 14.4. The normalized spacial score (nSPS) is 13.1. The fourth-order valence-electron chi connectivity index (χ4n) is 2.26. The summed E-state index contributed by atoms with van der Waals surface area (Å²) in [5, 5.41) is 29.4. The van der Waals surface area contributed by atoms with Crippen molar-refractivity contribution in [2.75, 3.05) is 0 Å². The van der Waals surface area contributed by atoms with E-state index >= 15 is 0 Å². The number of benzene rings is 2. The summed E-state index contributed by atoms with van der Waals surface area (Å²) in [5.74, 6) is -4.17. The highest BCUT2D eigenvalue weighted by Gasteiger charge is 2.41. The van der Waals surface area contributed by atoms with Gasteiger partial charge in [0.05, 0.1) is 5.56 Å². The minimum atomic E-state index is -0.984. The highest BCUT2D eigenvalue weighted by atomic mass is 16.3. The van der Waals surface area contributed by atoms with Crippen molar-refractivity contribution >= 4 is 17.7 Å². The van der Waals surface area contributed by atoms with Gasteiger partial charge in [0.1, 0.15) is 28.4 Å². The van der Waals surface area contributed by atoms with Crippen LogP contribution in [0, 0.1) is 0 Å². The Labute approximate surface area is 129 Å². The molecule has 4 N–H and O–H groups in total. The van der Waals surface area contributed by atoms with Crippen LogP contribution in [0.4, 0.5) is 0 Å². The van der Waals surface area contributed by atoms with Gasteiger partial charge in [0, 0.05) is 0 Å². The van der Waals surface area contributed by atoms with Gasteiger partial charge in [-0.05, 0) is 24.3 Å². The number of aromatic hydroxyl groups is 3. The van der Waals surface area contributed by atoms with Gasteiger partial charge >= 0.3 is 0 Å². The van der Waals surface area contributed by atoms with Crippen LogP contribution in [0.3, 0.4) is 0 Å². The molecule has 1 heterocycles. The molecule has 0 aliphatic carbocycles. The van der Waals surface area contributed by atoms with E-state index in [9.17, 15) is 29.7 Å². The van der Waals surface area contributed by atoms with Gasteiger partial charge in [-0.15, -0.1) is 0 Å². The molecule has 0 fully saturated rings. The largest absolute Gasteiger partial charge is 0.507 e. The molecule has 0 saturated heterocycles. The highest BCUT2D eigenvalue weighted by Crippen LogP contribution is 2.35. The SMILES string of the molecule is O=C(NN1C(=O)c2c(O)ccc(O)c2C1=O)c1ccccc1O. The fraction of sp³-hybridized carbons (Fsp3) is 0. The molecule has 1 aliphatic heterocycles. The average Bonchev–Trinajstić information content (AvgIpc) is 2.77. The zero-order chi connectivity index (χ0) is 16.7. The van der Waals surface area contributed by atoms with Crippen LogP contribution >= 0.6 is 0 Å². The van der Waals surface area contributed by atoms with Crippen LogP contribution in [0.25, 0.3) is 0 Å². The first-order chi connectivity index (χ1) is 10.9. The topological polar surface area (TPSA) is 127 Å². The Hall–Kier alpha value is -3.55. The van der Waals surface area contributed by atoms with Crippen molar-refractivity contribution in [3.8, 4) is 17.2 Å². The second kappa shape index (κ2) is 5.02. The standard InChI is InChI=1S/C15H10N2O6/c18-8-4-2-1-3-7(8)13(21)16-17-14(22)11-9(19)5-6-10(20)12(11)15(17)23/h1-6,18-20H,(H,16,21). The Balaban J connectivity index is 1.95. The van der Waals surface area contributed by atoms with Crippen molar-refractivity contribution < 1.29 is 29.7 Å². The van der Waals surface area contributed by atoms with E-state index in [4.69, 9.17) is 0 Å². The molecule has 0 saturated carbocycles. The molecular weight excluding hydrogens is 304 g/mol. The van der Waals surface area contributed by atoms with Crippen LogP contribution in [-0.4, -0.2) is 38.1 Å². The third-order valence-corrected chi connectivity index (χ3v) is 3.36. The number of hydrogen-bond donors (Lipinski definition) is 4. The molecule has 23 heavy (non-hydrogen) atoms. The Morgan fingerprint density at radius 3 is 1.87 bits per heavy atom. The maximum Gasteiger partial charge on any atom is 0.284 e. The van der Waals surface area contributed by atoms with Gasteiger partial charge in [0.25, 0.3) is 17.7 Å². The fourth-order valence-corrected chi connectivity index (χ4v) is 2.26. The molecule has 0 atom stereocenters. The van der Waals surface area contributed by atoms with Crippen molar-refractivity contribution in [3.05, 3.63) is 53.1 Å². The third kappa shape index (κ3) is 2.13. The van der Waals surface area contributed by atoms with Gasteiger partial charge in [-0.1, -0.05) is 12.1 Å². The summed E-state index contributed by atoms with van der Waals surface area (Å²) in [4.78, 5) is 36.5. The van der Waals surface area contributed by atoms with E-state index in [-0.39, 0.29) is 11.3 Å². The molecule has 8 heteroatoms. The van der Waals surface area contributed by atoms with Crippen LogP contribution in [-0.2, 0) is 0 Å². The minimum absolute atomic E-state index is 0.141. The smallest absolute Gasteiger partial charge is 0.284 e. The number of carbonyl (C=O) groups is 3. The van der Waals surface area contributed by atoms with E-state index in [0.29, 0.717) is 5.01 Å². The Kier molecular flexibility index (Phi) is 3.14. The predicted molar refractivity (Wildman–Crippen MR) is 75.8 cm³/mol. The number of amides is 3. The number of hydrogen-bond acceptors (Lipinski definition) is 6. The molecule has 0 bridgehead atoms. The van der Waals surface area contributed by atoms with Crippen molar-refractivity contribution in [1.82, 2.24) is 10.4 Å². The van der Waals surface area contributed by atoms with Crippen molar-refractivity contribution in [2.24, 2.45) is 0 Å². The number of nitrogens with zero attached hydrogens (tertiary/aromatic N) is 1. The zero-order valence-corrected chi connectivity index (χ0v) is 11.5. The number of hydrazine groups is 1. The maximum atomic E-state index is 12.2. The van der Waals surface area contributed by atoms with Gasteiger partial charge in [0.15, 0.2) is 0 Å². The molecule has 3 rings (SSSR count). The Bertz CT molecular complexity index is 820. The Morgan fingerprint density at radius 2 is 1.35 bits per heavy atom. The lowest BCUT2D eigenvalue weighted by Gasteiger charge is -2.15. The molecule has 116 valence electrons. The van der Waals surface area contributed by atoms with E-state index in [1.807, 2.05) is 0 Å². The zero-order valence-electron chi connectivity index (χ0n) is 11.5. The van der Waals surface area contributed by atoms with Gasteiger partial charge in [0.2, 0.25) is 0 Å². The number of imide groups is 1. The van der Waals surface area contributed by atoms with Gasteiger partial charge < -0.3 is 15.3 Å². The van der Waals surface area contributed by atoms with Crippen LogP contribution in [0.1, 0.15) is 31.1 Å². The summed E-state index contributed by atoms with van der Waals surface area (Å²) >= 11 is 0. The molecule has 0 aromatic heterocycles. The van der Waals surface area contributed by atoms with Crippen molar-refractivity contribution in [2.45, 2.75) is 0 Å². The molecule has 2 aromatic rings. The van der Waals surface area contributed by atoms with E-state index < -0.39 is 40.3 Å². The molecule has 3 amide bonds. The molecule has 0 unspecified atom stereocenters. The predicted octanol–water partition coefficient (Wildman–Crippen LogP) is 0.744. The summed E-state index contributed by atoms with van der Waals surface area (Å²) in [5.41, 5.74) is 1.12. The lowest BCUT2D eigenvalue weighted by Crippen LogP contribution is -2.45. The molecule has 2 aromatic carbocycles. The number of fused-ring (bicyclic) bond motifs is 1. The second-order valence-electron chi connectivity index (χ2n) is 4.76. The summed E-state index contributed by atoms with van der Waals surface area (Å²) in [6, 6.07) is 7.70. The van der Waals surface area contributed by atoms with Crippen molar-refractivity contribution in [3.63, 3.8) is 0 Å². The summed E-state index contributed by atoms with van der Waals surface area (Å²) in [6.07, 6.45) is 0. The third-order valence-electron chi connectivity index (χ3n) is 3.36. The quantitative estimate of drug-likeness (QED) is 0.478. The van der Waals surface area contributed by atoms with Crippen LogP contribution in [0.5, 0.6) is 17.2 Å². The van der Waals surface area contributed by atoms with E-state index in [2.05, 4.69) is 5.43 Å². The minimum Gasteiger partial charge on any atom is -0.507 e. The van der Waals surface area contributed by atoms with Gasteiger partial charge in [-0.25, -0.2) is 0 Å². The van der Waals surface area contributed by atoms with Gasteiger partial charge in [-0.2, -0.15) is 5.01 Å². The lowest BCUT2D eigenvalue weighted by atomic mass is 10.1. The number of rotatable bonds is 2. The Morgan fingerprint density at radius 1 is 0.826 bits per heavy atom. The first-order valence-electron chi connectivity index (χ1n) is 6.44. The average molecular weight is 314 g/mol. The van der Waals surface area contributed by atoms with Crippen LogP contribution in [0.15, 0.2) is 36.4 Å². The van der Waals surface area contributed by atoms with E-state index in [1.54, 1.807) is 0 Å². The van der Waals surface area contributed by atoms with Gasteiger partial charge in [-0.3, -0.25) is 19.8 Å². The van der Waals surface area contributed by atoms with Crippen molar-refractivity contribution in [1.29, 1.82) is 0 Å². The highest BCUT2D eigenvalue weighted by molar-refractivity contribution is 6.24. The van der Waals surface area contributed by atoms with Crippen LogP contribution < -0.4 is 5.43 Å². The number of nitrogens with one attached hydrogen (secondary N) is 1. The molecule has 0 spiro atoms. The molecule has 1 aliphatic rings. The monoisotopic (exact) mass is 314 g/mol. The molecule has 8 nitrogen and oxygen atoms in total. The van der Waals surface area contributed by atoms with E-state index in [0.717, 1.165) is 12.1 Å². The lowest BCUT2D eigenvalue weighted by molar-refractivity contribution is 0.0515. The molecular formula is C15H10N2O6. The number of para-hydroxylation sites is 1. The molecule has 0 radical (unpaired) electrons. The summed E-state index contributed by atoms with van der Waals surface area (Å²) in [7, 11) is 0. The summed E-state index contributed by atoms with van der Waals surface area (Å²) in [6.45, 7) is 0. The summed E-state index contributed by atoms with van der Waals surface area (Å²) < 4.78 is 0. The van der Waals surface area contributed by atoms with Crippen LogP contribution in [0.2, 0.25) is 0 Å². The number of phenolic OH excluding ortho intramolecular Hbond substituents is 3. The second-order valence-corrected chi connectivity index (χ2v) is 4.76. The number of phenols is 3. The first-order valence-corrected chi connectivity index (χ1v) is 6.44.